The lowest BCUT2D eigenvalue weighted by atomic mass is 9.89. The molecule has 0 amide bonds. The average Bonchev–Trinajstić information content (AvgIpc) is 2.79. The van der Waals surface area contributed by atoms with E-state index in [0.29, 0.717) is 16.9 Å². The van der Waals surface area contributed by atoms with Crippen molar-refractivity contribution < 1.29 is 4.39 Å². The number of hydrogen-bond acceptors (Lipinski definition) is 1. The molecule has 1 aliphatic rings. The normalized spacial score (nSPS) is 23.5. The summed E-state index contributed by atoms with van der Waals surface area (Å²) in [5.74, 6) is 1.17. The zero-order valence-electron chi connectivity index (χ0n) is 10.9. The Labute approximate surface area is 114 Å². The van der Waals surface area contributed by atoms with Crippen molar-refractivity contribution in [3.05, 3.63) is 34.6 Å². The molecule has 100 valence electrons. The number of nitrogens with one attached hydrogen (secondary N) is 1. The fraction of sp³-hybridized carbons (Fsp3) is 0.600. The first-order chi connectivity index (χ1) is 8.70. The van der Waals surface area contributed by atoms with Crippen molar-refractivity contribution in [3.63, 3.8) is 0 Å². The highest BCUT2D eigenvalue weighted by atomic mass is 35.5. The zero-order chi connectivity index (χ0) is 13.0. The van der Waals surface area contributed by atoms with Gasteiger partial charge in [0.05, 0.1) is 0 Å². The maximum absolute atomic E-state index is 13.2. The minimum Gasteiger partial charge on any atom is -0.317 e. The predicted molar refractivity (Wildman–Crippen MR) is 74.5 cm³/mol. The Balaban J connectivity index is 2.01. The molecule has 0 radical (unpaired) electrons. The quantitative estimate of drug-likeness (QED) is 0.850. The van der Waals surface area contributed by atoms with Crippen LogP contribution in [0, 0.1) is 17.7 Å². The van der Waals surface area contributed by atoms with E-state index in [2.05, 4.69) is 12.2 Å². The van der Waals surface area contributed by atoms with Gasteiger partial charge in [0.25, 0.3) is 0 Å². The molecule has 1 aromatic rings. The summed E-state index contributed by atoms with van der Waals surface area (Å²) >= 11 is 6.14. The van der Waals surface area contributed by atoms with E-state index in [0.717, 1.165) is 25.1 Å². The molecule has 0 aromatic heterocycles. The van der Waals surface area contributed by atoms with Crippen molar-refractivity contribution in [2.45, 2.75) is 32.6 Å². The van der Waals surface area contributed by atoms with Crippen LogP contribution in [0.1, 0.15) is 31.7 Å². The maximum Gasteiger partial charge on any atom is 0.123 e. The number of halogens is 2. The van der Waals surface area contributed by atoms with E-state index in [4.69, 9.17) is 11.6 Å². The Morgan fingerprint density at radius 1 is 1.33 bits per heavy atom. The smallest absolute Gasteiger partial charge is 0.123 e. The monoisotopic (exact) mass is 269 g/mol. The molecule has 2 rings (SSSR count). The van der Waals surface area contributed by atoms with Crippen LogP contribution >= 0.6 is 11.6 Å². The summed E-state index contributed by atoms with van der Waals surface area (Å²) < 4.78 is 13.2. The molecule has 0 spiro atoms. The van der Waals surface area contributed by atoms with Crippen LogP contribution in [0.2, 0.25) is 5.02 Å². The van der Waals surface area contributed by atoms with E-state index in [9.17, 15) is 4.39 Å². The minimum absolute atomic E-state index is 0.185. The van der Waals surface area contributed by atoms with Crippen molar-refractivity contribution in [3.8, 4) is 0 Å². The van der Waals surface area contributed by atoms with Gasteiger partial charge in [-0.15, -0.1) is 0 Å². The van der Waals surface area contributed by atoms with Crippen molar-refractivity contribution in [1.29, 1.82) is 0 Å². The molecular weight excluding hydrogens is 249 g/mol. The summed E-state index contributed by atoms with van der Waals surface area (Å²) in [4.78, 5) is 0. The maximum atomic E-state index is 13.2. The number of rotatable bonds is 5. The van der Waals surface area contributed by atoms with Crippen molar-refractivity contribution >= 4 is 11.6 Å². The Kier molecular flexibility index (Phi) is 5.02. The van der Waals surface area contributed by atoms with Gasteiger partial charge in [0.1, 0.15) is 5.82 Å². The Bertz CT molecular complexity index is 394. The lowest BCUT2D eigenvalue weighted by molar-refractivity contribution is 0.368. The van der Waals surface area contributed by atoms with Gasteiger partial charge in [-0.25, -0.2) is 4.39 Å². The topological polar surface area (TPSA) is 12.0 Å². The first kappa shape index (κ1) is 13.8. The van der Waals surface area contributed by atoms with Crippen LogP contribution in [-0.4, -0.2) is 13.1 Å². The van der Waals surface area contributed by atoms with Gasteiger partial charge in [-0.05, 0) is 68.0 Å². The Morgan fingerprint density at radius 2 is 2.11 bits per heavy atom. The molecule has 1 fully saturated rings. The summed E-state index contributed by atoms with van der Waals surface area (Å²) in [6, 6.07) is 4.68. The van der Waals surface area contributed by atoms with Gasteiger partial charge >= 0.3 is 0 Å². The fourth-order valence-corrected chi connectivity index (χ4v) is 3.16. The van der Waals surface area contributed by atoms with Crippen LogP contribution in [0.15, 0.2) is 18.2 Å². The molecule has 1 nitrogen and oxygen atoms in total. The van der Waals surface area contributed by atoms with E-state index in [-0.39, 0.29) is 5.82 Å². The molecule has 0 saturated heterocycles. The van der Waals surface area contributed by atoms with Gasteiger partial charge in [0.15, 0.2) is 0 Å². The second-order valence-electron chi connectivity index (χ2n) is 5.20. The summed E-state index contributed by atoms with van der Waals surface area (Å²) in [7, 11) is 0. The van der Waals surface area contributed by atoms with Crippen molar-refractivity contribution in [2.75, 3.05) is 13.1 Å². The van der Waals surface area contributed by atoms with Gasteiger partial charge in [0.2, 0.25) is 0 Å². The second-order valence-corrected chi connectivity index (χ2v) is 5.61. The molecule has 2 atom stereocenters. The van der Waals surface area contributed by atoms with E-state index >= 15 is 0 Å². The molecule has 0 heterocycles. The standard InChI is InChI=1S/C15H21ClFN/c1-2-18-10-12-5-3-4-11(12)8-13-9-14(17)6-7-15(13)16/h6-7,9,11-12,18H,2-5,8,10H2,1H3. The van der Waals surface area contributed by atoms with Gasteiger partial charge in [-0.3, -0.25) is 0 Å². The molecular formula is C15H21ClFN. The Morgan fingerprint density at radius 3 is 2.89 bits per heavy atom. The zero-order valence-corrected chi connectivity index (χ0v) is 11.6. The first-order valence-electron chi connectivity index (χ1n) is 6.85. The van der Waals surface area contributed by atoms with Crippen molar-refractivity contribution in [2.24, 2.45) is 11.8 Å². The predicted octanol–water partition coefficient (Wildman–Crippen LogP) is 4.05. The van der Waals surface area contributed by atoms with E-state index < -0.39 is 0 Å². The summed E-state index contributed by atoms with van der Waals surface area (Å²) in [6.07, 6.45) is 4.72. The molecule has 2 unspecified atom stereocenters. The SMILES string of the molecule is CCNCC1CCCC1Cc1cc(F)ccc1Cl. The largest absolute Gasteiger partial charge is 0.317 e. The van der Waals surface area contributed by atoms with Crippen LogP contribution < -0.4 is 5.32 Å². The molecule has 0 bridgehead atoms. The van der Waals surface area contributed by atoms with Gasteiger partial charge in [-0.1, -0.05) is 24.9 Å². The summed E-state index contributed by atoms with van der Waals surface area (Å²) in [5.41, 5.74) is 0.963. The molecule has 1 N–H and O–H groups in total. The van der Waals surface area contributed by atoms with Crippen LogP contribution in [0.4, 0.5) is 4.39 Å². The van der Waals surface area contributed by atoms with Crippen LogP contribution in [-0.2, 0) is 6.42 Å². The molecule has 1 aliphatic carbocycles. The van der Waals surface area contributed by atoms with Crippen LogP contribution in [0.5, 0.6) is 0 Å². The van der Waals surface area contributed by atoms with Crippen LogP contribution in [0.25, 0.3) is 0 Å². The second kappa shape index (κ2) is 6.53. The third-order valence-corrected chi connectivity index (χ3v) is 4.33. The highest BCUT2D eigenvalue weighted by molar-refractivity contribution is 6.31. The lowest BCUT2D eigenvalue weighted by Gasteiger charge is -2.20. The van der Waals surface area contributed by atoms with Gasteiger partial charge in [-0.2, -0.15) is 0 Å². The lowest BCUT2D eigenvalue weighted by Crippen LogP contribution is -2.26. The summed E-state index contributed by atoms with van der Waals surface area (Å²) in [6.45, 7) is 4.23. The molecule has 3 heteroatoms. The van der Waals surface area contributed by atoms with Gasteiger partial charge < -0.3 is 5.32 Å². The fourth-order valence-electron chi connectivity index (χ4n) is 2.96. The third kappa shape index (κ3) is 3.46. The third-order valence-electron chi connectivity index (χ3n) is 3.96. The average molecular weight is 270 g/mol. The van der Waals surface area contributed by atoms with Crippen LogP contribution in [0.3, 0.4) is 0 Å². The summed E-state index contributed by atoms with van der Waals surface area (Å²) in [5, 5.41) is 4.12. The molecule has 0 aliphatic heterocycles. The molecule has 1 aromatic carbocycles. The van der Waals surface area contributed by atoms with E-state index in [1.165, 1.54) is 25.3 Å². The molecule has 1 saturated carbocycles. The number of benzene rings is 1. The molecule has 18 heavy (non-hydrogen) atoms. The first-order valence-corrected chi connectivity index (χ1v) is 7.23. The van der Waals surface area contributed by atoms with Crippen molar-refractivity contribution in [1.82, 2.24) is 5.32 Å². The van der Waals surface area contributed by atoms with E-state index in [1.54, 1.807) is 12.1 Å². The Hall–Kier alpha value is -0.600. The van der Waals surface area contributed by atoms with Gasteiger partial charge in [0, 0.05) is 5.02 Å². The van der Waals surface area contributed by atoms with E-state index in [1.807, 2.05) is 0 Å². The minimum atomic E-state index is -0.185. The number of hydrogen-bond donors (Lipinski definition) is 1. The highest BCUT2D eigenvalue weighted by Crippen LogP contribution is 2.35. The highest BCUT2D eigenvalue weighted by Gasteiger charge is 2.27.